The van der Waals surface area contributed by atoms with E-state index in [1.54, 1.807) is 0 Å². The number of nitrogens with two attached hydrogens (primary N) is 1. The highest BCUT2D eigenvalue weighted by molar-refractivity contribution is 7.92. The molecule has 1 saturated heterocycles. The summed E-state index contributed by atoms with van der Waals surface area (Å²) in [6, 6.07) is 5.68. The van der Waals surface area contributed by atoms with Crippen LogP contribution in [0.1, 0.15) is 24.0 Å². The minimum Gasteiger partial charge on any atom is -0.389 e. The number of hydrogen-bond acceptors (Lipinski definition) is 4. The normalized spacial score (nSPS) is 21.2. The number of anilines is 1. The van der Waals surface area contributed by atoms with E-state index in [1.807, 2.05) is 25.1 Å². The summed E-state index contributed by atoms with van der Waals surface area (Å²) in [5.41, 5.74) is 8.36. The molecule has 0 amide bonds. The highest BCUT2D eigenvalue weighted by Gasteiger charge is 2.30. The number of sulfone groups is 1. The zero-order chi connectivity index (χ0) is 14.0. The van der Waals surface area contributed by atoms with Gasteiger partial charge in [-0.25, -0.2) is 8.42 Å². The molecular weight excluding hydrogens is 280 g/mol. The summed E-state index contributed by atoms with van der Waals surface area (Å²) in [6.45, 7) is 2.40. The average molecular weight is 298 g/mol. The fourth-order valence-corrected chi connectivity index (χ4v) is 4.36. The molecule has 4 nitrogen and oxygen atoms in total. The second-order valence-electron chi connectivity index (χ2n) is 4.91. The van der Waals surface area contributed by atoms with Crippen molar-refractivity contribution < 1.29 is 8.42 Å². The first kappa shape index (κ1) is 14.3. The Balaban J connectivity index is 2.05. The largest absolute Gasteiger partial charge is 0.389 e. The van der Waals surface area contributed by atoms with Gasteiger partial charge < -0.3 is 11.1 Å². The third-order valence-electron chi connectivity index (χ3n) is 3.49. The standard InChI is InChI=1S/C13H18N2O2S2/c1-9-7-10(4-5-12(9)13(14)18)15-8-11-3-2-6-19(11,16)17/h4-5,7,11,15H,2-3,6,8H2,1H3,(H2,14,18). The number of hydrogen-bond donors (Lipinski definition) is 2. The molecule has 3 N–H and O–H groups in total. The fourth-order valence-electron chi connectivity index (χ4n) is 2.37. The molecule has 1 aromatic carbocycles. The van der Waals surface area contributed by atoms with Crippen LogP contribution in [0, 0.1) is 6.92 Å². The van der Waals surface area contributed by atoms with Crippen molar-refractivity contribution in [1.82, 2.24) is 0 Å². The first-order valence-corrected chi connectivity index (χ1v) is 8.38. The van der Waals surface area contributed by atoms with E-state index in [4.69, 9.17) is 18.0 Å². The van der Waals surface area contributed by atoms with Gasteiger partial charge in [0.15, 0.2) is 9.84 Å². The Morgan fingerprint density at radius 3 is 2.79 bits per heavy atom. The predicted molar refractivity (Wildman–Crippen MR) is 82.4 cm³/mol. The lowest BCUT2D eigenvalue weighted by Crippen LogP contribution is -2.25. The van der Waals surface area contributed by atoms with Gasteiger partial charge in [-0.1, -0.05) is 12.2 Å². The first-order chi connectivity index (χ1) is 8.90. The molecule has 0 spiro atoms. The molecule has 1 aliphatic heterocycles. The van der Waals surface area contributed by atoms with Gasteiger partial charge in [-0.15, -0.1) is 0 Å². The Morgan fingerprint density at radius 2 is 2.26 bits per heavy atom. The smallest absolute Gasteiger partial charge is 0.154 e. The highest BCUT2D eigenvalue weighted by Crippen LogP contribution is 2.21. The van der Waals surface area contributed by atoms with Gasteiger partial charge in [-0.2, -0.15) is 0 Å². The van der Waals surface area contributed by atoms with Crippen molar-refractivity contribution in [3.8, 4) is 0 Å². The lowest BCUT2D eigenvalue weighted by atomic mass is 10.1. The molecular formula is C13H18N2O2S2. The molecule has 6 heteroatoms. The van der Waals surface area contributed by atoms with Crippen molar-refractivity contribution >= 4 is 32.7 Å². The molecule has 2 rings (SSSR count). The SMILES string of the molecule is Cc1cc(NCC2CCCS2(=O)=O)ccc1C(N)=S. The Bertz CT molecular complexity index is 597. The van der Waals surface area contributed by atoms with Gasteiger partial charge in [0.2, 0.25) is 0 Å². The van der Waals surface area contributed by atoms with Gasteiger partial charge in [0, 0.05) is 17.8 Å². The summed E-state index contributed by atoms with van der Waals surface area (Å²) >= 11 is 4.95. The van der Waals surface area contributed by atoms with Crippen LogP contribution < -0.4 is 11.1 Å². The van der Waals surface area contributed by atoms with E-state index in [-0.39, 0.29) is 5.25 Å². The van der Waals surface area contributed by atoms with Gasteiger partial charge >= 0.3 is 0 Å². The van der Waals surface area contributed by atoms with Gasteiger partial charge in [0.05, 0.1) is 11.0 Å². The number of thiocarbonyl (C=S) groups is 1. The van der Waals surface area contributed by atoms with Crippen LogP contribution >= 0.6 is 12.2 Å². The van der Waals surface area contributed by atoms with Crippen LogP contribution in [0.4, 0.5) is 5.69 Å². The van der Waals surface area contributed by atoms with E-state index in [0.29, 0.717) is 17.3 Å². The molecule has 1 aromatic rings. The molecule has 1 atom stereocenters. The molecule has 0 aliphatic carbocycles. The minimum atomic E-state index is -2.89. The molecule has 0 aromatic heterocycles. The molecule has 19 heavy (non-hydrogen) atoms. The zero-order valence-corrected chi connectivity index (χ0v) is 12.5. The van der Waals surface area contributed by atoms with Crippen LogP contribution in [0.2, 0.25) is 0 Å². The third kappa shape index (κ3) is 3.25. The maximum atomic E-state index is 11.7. The van der Waals surface area contributed by atoms with Crippen molar-refractivity contribution in [2.24, 2.45) is 5.73 Å². The fraction of sp³-hybridized carbons (Fsp3) is 0.462. The molecule has 1 fully saturated rings. The van der Waals surface area contributed by atoms with Crippen LogP contribution in [0.3, 0.4) is 0 Å². The summed E-state index contributed by atoms with van der Waals surface area (Å²) < 4.78 is 23.4. The van der Waals surface area contributed by atoms with Crippen LogP contribution in [-0.2, 0) is 9.84 Å². The Kier molecular flexibility index (Phi) is 4.10. The minimum absolute atomic E-state index is 0.261. The van der Waals surface area contributed by atoms with Gasteiger partial charge in [0.25, 0.3) is 0 Å². The lowest BCUT2D eigenvalue weighted by molar-refractivity contribution is 0.591. The van der Waals surface area contributed by atoms with Crippen LogP contribution in [0.25, 0.3) is 0 Å². The quantitative estimate of drug-likeness (QED) is 0.826. The second-order valence-corrected chi connectivity index (χ2v) is 7.75. The van der Waals surface area contributed by atoms with Crippen molar-refractivity contribution in [1.29, 1.82) is 0 Å². The van der Waals surface area contributed by atoms with E-state index < -0.39 is 9.84 Å². The van der Waals surface area contributed by atoms with Gasteiger partial charge in [-0.05, 0) is 43.5 Å². The Labute approximate surface area is 119 Å². The summed E-state index contributed by atoms with van der Waals surface area (Å²) in [4.78, 5) is 0.377. The number of rotatable bonds is 4. The Morgan fingerprint density at radius 1 is 1.53 bits per heavy atom. The molecule has 0 bridgehead atoms. The number of benzene rings is 1. The monoisotopic (exact) mass is 298 g/mol. The predicted octanol–water partition coefficient (Wildman–Crippen LogP) is 1.62. The van der Waals surface area contributed by atoms with Crippen molar-refractivity contribution in [2.45, 2.75) is 25.0 Å². The topological polar surface area (TPSA) is 72.2 Å². The van der Waals surface area contributed by atoms with Gasteiger partial charge in [0.1, 0.15) is 4.99 Å². The summed E-state index contributed by atoms with van der Waals surface area (Å²) in [5.74, 6) is 0.318. The van der Waals surface area contributed by atoms with E-state index in [1.165, 1.54) is 0 Å². The van der Waals surface area contributed by atoms with E-state index in [0.717, 1.165) is 29.7 Å². The third-order valence-corrected chi connectivity index (χ3v) is 5.98. The molecule has 1 heterocycles. The summed E-state index contributed by atoms with van der Waals surface area (Å²) in [7, 11) is -2.89. The molecule has 0 radical (unpaired) electrons. The van der Waals surface area contributed by atoms with Gasteiger partial charge in [-0.3, -0.25) is 0 Å². The van der Waals surface area contributed by atoms with Crippen molar-refractivity contribution in [3.63, 3.8) is 0 Å². The van der Waals surface area contributed by atoms with E-state index >= 15 is 0 Å². The van der Waals surface area contributed by atoms with Crippen molar-refractivity contribution in [2.75, 3.05) is 17.6 Å². The number of nitrogens with one attached hydrogen (secondary N) is 1. The second kappa shape index (κ2) is 5.46. The molecule has 1 unspecified atom stereocenters. The van der Waals surface area contributed by atoms with Crippen molar-refractivity contribution in [3.05, 3.63) is 29.3 Å². The zero-order valence-electron chi connectivity index (χ0n) is 10.8. The summed E-state index contributed by atoms with van der Waals surface area (Å²) in [5, 5.41) is 2.92. The van der Waals surface area contributed by atoms with E-state index in [2.05, 4.69) is 5.32 Å². The summed E-state index contributed by atoms with van der Waals surface area (Å²) in [6.07, 6.45) is 1.52. The molecule has 0 saturated carbocycles. The molecule has 1 aliphatic rings. The Hall–Kier alpha value is -1.14. The van der Waals surface area contributed by atoms with Crippen LogP contribution in [0.15, 0.2) is 18.2 Å². The maximum absolute atomic E-state index is 11.7. The average Bonchev–Trinajstić information content (AvgIpc) is 2.65. The lowest BCUT2D eigenvalue weighted by Gasteiger charge is -2.13. The number of aryl methyl sites for hydroxylation is 1. The van der Waals surface area contributed by atoms with E-state index in [9.17, 15) is 8.42 Å². The van der Waals surface area contributed by atoms with Crippen LogP contribution in [-0.4, -0.2) is 31.0 Å². The molecule has 104 valence electrons. The maximum Gasteiger partial charge on any atom is 0.154 e. The first-order valence-electron chi connectivity index (χ1n) is 6.26. The highest BCUT2D eigenvalue weighted by atomic mass is 32.2. The van der Waals surface area contributed by atoms with Crippen LogP contribution in [0.5, 0.6) is 0 Å².